The lowest BCUT2D eigenvalue weighted by Gasteiger charge is -2.30. The molecule has 0 aliphatic carbocycles. The van der Waals surface area contributed by atoms with Gasteiger partial charge in [0.05, 0.1) is 22.2 Å². The van der Waals surface area contributed by atoms with Gasteiger partial charge in [-0.2, -0.15) is 13.2 Å². The van der Waals surface area contributed by atoms with E-state index in [-0.39, 0.29) is 12.2 Å². The summed E-state index contributed by atoms with van der Waals surface area (Å²) in [6, 6.07) is 19.4. The number of hydrogen-bond acceptors (Lipinski definition) is 6. The third-order valence-electron chi connectivity index (χ3n) is 7.07. The molecule has 1 fully saturated rings. The average Bonchev–Trinajstić information content (AvgIpc) is 3.40. The average molecular weight is 630 g/mol. The van der Waals surface area contributed by atoms with Crippen LogP contribution in [0.15, 0.2) is 88.7 Å². The predicted molar refractivity (Wildman–Crippen MR) is 154 cm³/mol. The van der Waals surface area contributed by atoms with E-state index in [1.165, 1.54) is 10.6 Å². The maximum absolute atomic E-state index is 13.9. The summed E-state index contributed by atoms with van der Waals surface area (Å²) < 4.78 is 41.6. The van der Waals surface area contributed by atoms with Crippen molar-refractivity contribution in [3.63, 3.8) is 0 Å². The standard InChI is InChI=1S/C29H19ClF3N3O4S2/c30-17-11-9-15(10-12-17)21-22-23(26(39)36(25(22)38)19-8-4-5-16(13-19)29(31,32)33)41-27-24(21)42-28(40)35(27)14-20(37)34-18-6-2-1-3-7-18/h1-13,21-23H,14H2,(H,34,37)/t21-,22+,23-/m0/s1. The Bertz CT molecular complexity index is 1770. The molecule has 3 aromatic carbocycles. The number of thioether (sulfide) groups is 1. The van der Waals surface area contributed by atoms with Crippen LogP contribution in [0.3, 0.4) is 0 Å². The van der Waals surface area contributed by atoms with Gasteiger partial charge < -0.3 is 5.32 Å². The van der Waals surface area contributed by atoms with Gasteiger partial charge in [-0.3, -0.25) is 23.7 Å². The predicted octanol–water partition coefficient (Wildman–Crippen LogP) is 6.02. The van der Waals surface area contributed by atoms with E-state index in [2.05, 4.69) is 5.32 Å². The van der Waals surface area contributed by atoms with E-state index in [4.69, 9.17) is 11.6 Å². The van der Waals surface area contributed by atoms with E-state index in [0.29, 0.717) is 26.2 Å². The number of rotatable bonds is 5. The molecule has 6 rings (SSSR count). The Morgan fingerprint density at radius 2 is 1.64 bits per heavy atom. The Morgan fingerprint density at radius 1 is 0.929 bits per heavy atom. The molecule has 7 nitrogen and oxygen atoms in total. The number of fused-ring (bicyclic) bond motifs is 2. The van der Waals surface area contributed by atoms with E-state index < -0.39 is 51.4 Å². The molecule has 0 unspecified atom stereocenters. The molecule has 42 heavy (non-hydrogen) atoms. The van der Waals surface area contributed by atoms with Crippen LogP contribution < -0.4 is 15.1 Å². The lowest BCUT2D eigenvalue weighted by Crippen LogP contribution is -2.33. The largest absolute Gasteiger partial charge is 0.416 e. The van der Waals surface area contributed by atoms with Crippen molar-refractivity contribution in [1.29, 1.82) is 0 Å². The maximum Gasteiger partial charge on any atom is 0.416 e. The Balaban J connectivity index is 1.42. The summed E-state index contributed by atoms with van der Waals surface area (Å²) >= 11 is 7.95. The molecule has 0 saturated carbocycles. The highest BCUT2D eigenvalue weighted by atomic mass is 35.5. The van der Waals surface area contributed by atoms with E-state index in [0.717, 1.165) is 46.2 Å². The van der Waals surface area contributed by atoms with Crippen LogP contribution in [0.25, 0.3) is 0 Å². The SMILES string of the molecule is O=C(Cn1c2c(sc1=O)[C@@H](c1ccc(Cl)cc1)[C@H]1C(=O)N(c3cccc(C(F)(F)F)c3)C(=O)[C@H]1S2)Nc1ccccc1. The highest BCUT2D eigenvalue weighted by molar-refractivity contribution is 8.00. The maximum atomic E-state index is 13.9. The van der Waals surface area contributed by atoms with Crippen LogP contribution >= 0.6 is 34.7 Å². The molecule has 4 aromatic rings. The van der Waals surface area contributed by atoms with Gasteiger partial charge in [0.1, 0.15) is 11.8 Å². The highest BCUT2D eigenvalue weighted by Crippen LogP contribution is 2.54. The Kier molecular flexibility index (Phi) is 7.24. The topological polar surface area (TPSA) is 88.5 Å². The Hall–Kier alpha value is -3.87. The molecule has 1 saturated heterocycles. The van der Waals surface area contributed by atoms with Crippen LogP contribution in [0, 0.1) is 5.92 Å². The van der Waals surface area contributed by atoms with Gasteiger partial charge in [0, 0.05) is 21.5 Å². The molecule has 13 heteroatoms. The molecule has 0 radical (unpaired) electrons. The van der Waals surface area contributed by atoms with Crippen molar-refractivity contribution in [1.82, 2.24) is 4.57 Å². The summed E-state index contributed by atoms with van der Waals surface area (Å²) in [5.74, 6) is -3.61. The molecule has 3 amide bonds. The second kappa shape index (κ2) is 10.8. The van der Waals surface area contributed by atoms with Gasteiger partial charge >= 0.3 is 11.0 Å². The number of nitrogens with zero attached hydrogens (tertiary/aromatic N) is 2. The van der Waals surface area contributed by atoms with Crippen molar-refractivity contribution >= 4 is 63.8 Å². The summed E-state index contributed by atoms with van der Waals surface area (Å²) in [5.41, 5.74) is -0.0350. The smallest absolute Gasteiger partial charge is 0.325 e. The van der Waals surface area contributed by atoms with Crippen molar-refractivity contribution in [3.8, 4) is 0 Å². The van der Waals surface area contributed by atoms with Crippen LogP contribution in [0.2, 0.25) is 5.02 Å². The zero-order chi connectivity index (χ0) is 29.8. The molecular formula is C29H19ClF3N3O4S2. The Morgan fingerprint density at radius 3 is 2.33 bits per heavy atom. The first-order valence-corrected chi connectivity index (χ1v) is 14.7. The minimum atomic E-state index is -4.67. The van der Waals surface area contributed by atoms with Crippen LogP contribution in [0.4, 0.5) is 24.5 Å². The molecule has 3 heterocycles. The summed E-state index contributed by atoms with van der Waals surface area (Å²) in [5, 5.41) is 2.48. The number of alkyl halides is 3. The van der Waals surface area contributed by atoms with Crippen molar-refractivity contribution in [2.45, 2.75) is 28.9 Å². The molecule has 0 spiro atoms. The molecule has 214 valence electrons. The molecule has 1 aromatic heterocycles. The molecule has 2 aliphatic heterocycles. The third kappa shape index (κ3) is 5.03. The van der Waals surface area contributed by atoms with Gasteiger partial charge in [0.25, 0.3) is 0 Å². The van der Waals surface area contributed by atoms with Gasteiger partial charge in [-0.05, 0) is 48.0 Å². The normalized spacial score (nSPS) is 19.9. The van der Waals surface area contributed by atoms with E-state index in [1.54, 1.807) is 54.6 Å². The summed E-state index contributed by atoms with van der Waals surface area (Å²) in [7, 11) is 0. The molecule has 3 atom stereocenters. The van der Waals surface area contributed by atoms with Gasteiger partial charge in [0.15, 0.2) is 0 Å². The van der Waals surface area contributed by atoms with Crippen molar-refractivity contribution in [2.75, 3.05) is 10.2 Å². The molecular weight excluding hydrogens is 611 g/mol. The number of carbonyl (C=O) groups is 3. The van der Waals surface area contributed by atoms with E-state index in [9.17, 15) is 32.3 Å². The summed E-state index contributed by atoms with van der Waals surface area (Å²) in [4.78, 5) is 54.6. The second-order valence-corrected chi connectivity index (χ2v) is 12.3. The number of thiazole rings is 1. The number of para-hydroxylation sites is 1. The number of nitrogens with one attached hydrogen (secondary N) is 1. The number of aromatic nitrogens is 1. The van der Waals surface area contributed by atoms with Crippen LogP contribution in [0.1, 0.15) is 21.9 Å². The zero-order valence-electron chi connectivity index (χ0n) is 21.3. The fourth-order valence-electron chi connectivity index (χ4n) is 5.23. The van der Waals surface area contributed by atoms with E-state index in [1.807, 2.05) is 0 Å². The van der Waals surface area contributed by atoms with Crippen molar-refractivity contribution in [2.24, 2.45) is 5.92 Å². The number of hydrogen-bond donors (Lipinski definition) is 1. The minimum Gasteiger partial charge on any atom is -0.325 e. The second-order valence-electron chi connectivity index (χ2n) is 9.69. The summed E-state index contributed by atoms with van der Waals surface area (Å²) in [6.45, 7) is -0.337. The number of halogens is 4. The van der Waals surface area contributed by atoms with Gasteiger partial charge in [-0.1, -0.05) is 71.1 Å². The fourth-order valence-corrected chi connectivity index (χ4v) is 8.13. The number of amides is 3. The number of carbonyl (C=O) groups excluding carboxylic acids is 3. The minimum absolute atomic E-state index is 0.187. The number of anilines is 2. The van der Waals surface area contributed by atoms with Crippen molar-refractivity contribution < 1.29 is 27.6 Å². The number of benzene rings is 3. The summed E-state index contributed by atoms with van der Waals surface area (Å²) in [6.07, 6.45) is -4.67. The fraction of sp³-hybridized carbons (Fsp3) is 0.172. The van der Waals surface area contributed by atoms with Crippen LogP contribution in [-0.2, 0) is 27.1 Å². The first kappa shape index (κ1) is 28.3. The zero-order valence-corrected chi connectivity index (χ0v) is 23.7. The monoisotopic (exact) mass is 629 g/mol. The van der Waals surface area contributed by atoms with Crippen molar-refractivity contribution in [3.05, 3.63) is 110 Å². The highest BCUT2D eigenvalue weighted by Gasteiger charge is 2.57. The Labute approximate surface area is 249 Å². The lowest BCUT2D eigenvalue weighted by molar-refractivity contribution is -0.137. The van der Waals surface area contributed by atoms with E-state index >= 15 is 0 Å². The van der Waals surface area contributed by atoms with Gasteiger partial charge in [0.2, 0.25) is 17.7 Å². The van der Waals surface area contributed by atoms with Crippen LogP contribution in [0.5, 0.6) is 0 Å². The lowest BCUT2D eigenvalue weighted by atomic mass is 9.83. The molecule has 2 aliphatic rings. The molecule has 0 bridgehead atoms. The van der Waals surface area contributed by atoms with Gasteiger partial charge in [-0.15, -0.1) is 0 Å². The van der Waals surface area contributed by atoms with Crippen LogP contribution in [-0.4, -0.2) is 27.5 Å². The first-order valence-electron chi connectivity index (χ1n) is 12.6. The van der Waals surface area contributed by atoms with Gasteiger partial charge in [-0.25, -0.2) is 4.90 Å². The quantitative estimate of drug-likeness (QED) is 0.273. The molecule has 1 N–H and O–H groups in total. The third-order valence-corrected chi connectivity index (χ3v) is 9.93. The number of imide groups is 1. The first-order chi connectivity index (χ1) is 20.0.